The Morgan fingerprint density at radius 3 is 1.63 bits per heavy atom. The summed E-state index contributed by atoms with van der Waals surface area (Å²) in [6.45, 7) is 9.56. The number of hydrogen-bond acceptors (Lipinski definition) is 17. The second-order valence-electron chi connectivity index (χ2n) is 20.9. The molecule has 2 heterocycles. The molecule has 1 aromatic rings. The monoisotopic (exact) mass is 1140 g/mol. The molecule has 0 bridgehead atoms. The van der Waals surface area contributed by atoms with Crippen molar-refractivity contribution in [1.82, 2.24) is 26.0 Å². The molecule has 1 atom stereocenters. The van der Waals surface area contributed by atoms with Crippen molar-refractivity contribution in [1.29, 1.82) is 0 Å². The number of nitrogens with one attached hydrogen (secondary N) is 4. The van der Waals surface area contributed by atoms with Crippen molar-refractivity contribution >= 4 is 70.2 Å². The van der Waals surface area contributed by atoms with E-state index in [1.165, 1.54) is 6.20 Å². The highest BCUT2D eigenvalue weighted by Gasteiger charge is 2.32. The largest absolute Gasteiger partial charge is 0.379 e. The van der Waals surface area contributed by atoms with Crippen molar-refractivity contribution < 1.29 is 67.0 Å². The number of carbonyl (C=O) groups excluding carboxylic acids is 10. The van der Waals surface area contributed by atoms with Crippen molar-refractivity contribution in [2.75, 3.05) is 58.2 Å². The zero-order valence-corrected chi connectivity index (χ0v) is 49.2. The third kappa shape index (κ3) is 38.5. The summed E-state index contributed by atoms with van der Waals surface area (Å²) in [5.41, 5.74) is 4.15. The van der Waals surface area contributed by atoms with E-state index in [0.717, 1.165) is 69.9 Å². The second-order valence-corrected chi connectivity index (χ2v) is 20.9. The fourth-order valence-electron chi connectivity index (χ4n) is 8.52. The van der Waals surface area contributed by atoms with Gasteiger partial charge in [-0.25, -0.2) is 9.78 Å². The second kappa shape index (κ2) is 46.8. The molecule has 0 spiro atoms. The van der Waals surface area contributed by atoms with E-state index in [4.69, 9.17) is 19.0 Å². The number of hydrogen-bond donors (Lipinski definition) is 4. The molecule has 1 aliphatic heterocycles. The lowest BCUT2D eigenvalue weighted by Crippen LogP contribution is -2.41. The number of imide groups is 1. The summed E-state index contributed by atoms with van der Waals surface area (Å²) in [7, 11) is 0. The van der Waals surface area contributed by atoms with Gasteiger partial charge in [-0.1, -0.05) is 45.4 Å². The van der Waals surface area contributed by atoms with Crippen molar-refractivity contribution in [2.24, 2.45) is 5.10 Å². The first-order valence-electron chi connectivity index (χ1n) is 30.1. The van der Waals surface area contributed by atoms with E-state index in [2.05, 4.69) is 38.4 Å². The molecule has 0 unspecified atom stereocenters. The minimum atomic E-state index is -0.727. The number of ether oxygens (including phenoxy) is 3. The molecule has 0 radical (unpaired) electrons. The number of Topliss-reactive ketones (excluding diaryl/α,β-unsaturated/α-hetero) is 4. The highest BCUT2D eigenvalue weighted by atomic mass is 16.7. The maximum Gasteiger partial charge on any atom is 0.333 e. The van der Waals surface area contributed by atoms with Crippen LogP contribution in [0.5, 0.6) is 0 Å². The van der Waals surface area contributed by atoms with Crippen molar-refractivity contribution in [2.45, 2.75) is 232 Å². The Morgan fingerprint density at radius 1 is 0.543 bits per heavy atom. The molecule has 21 nitrogen and oxygen atoms in total. The molecule has 2 rings (SSSR count). The standard InChI is InChI=1S/C60H97N7O14/c1-4-5-23-49(68)27-17-21-40-78-42-44-80-45-43-79-41-22-18-29-53(71)52(64-56(73)35-33-51(70)26-12-7-9-15-31-59(76)81-67-57(74)36-37-58(67)75)28-16-20-38-61-55(72)30-14-8-6-11-24-50(69)25-13-10-19-39-62-60(77)48-32-34-54(63-46-48)66-65-47(2)3/h32,34,46,52H,4-31,33,35-45H2,1-3H3,(H,61,72)(H,62,77)(H,63,66)(H,64,73)/t52-/m0/s1. The molecule has 0 aromatic carbocycles. The predicted octanol–water partition coefficient (Wildman–Crippen LogP) is 8.88. The average molecular weight is 1140 g/mol. The van der Waals surface area contributed by atoms with Crippen LogP contribution in [0.2, 0.25) is 0 Å². The van der Waals surface area contributed by atoms with E-state index in [9.17, 15) is 47.9 Å². The fourth-order valence-corrected chi connectivity index (χ4v) is 8.52. The zero-order chi connectivity index (χ0) is 59.1. The van der Waals surface area contributed by atoms with E-state index in [1.807, 2.05) is 13.8 Å². The maximum absolute atomic E-state index is 13.4. The summed E-state index contributed by atoms with van der Waals surface area (Å²) < 4.78 is 16.9. The fraction of sp³-hybridized carbons (Fsp3) is 0.733. The minimum Gasteiger partial charge on any atom is -0.379 e. The summed E-state index contributed by atoms with van der Waals surface area (Å²) in [5.74, 6) is -1.42. The molecule has 81 heavy (non-hydrogen) atoms. The van der Waals surface area contributed by atoms with Gasteiger partial charge in [0.1, 0.15) is 23.2 Å². The lowest BCUT2D eigenvalue weighted by molar-refractivity contribution is -0.197. The Morgan fingerprint density at radius 2 is 1.05 bits per heavy atom. The number of hydrazone groups is 1. The third-order valence-electron chi connectivity index (χ3n) is 13.3. The summed E-state index contributed by atoms with van der Waals surface area (Å²) in [4.78, 5) is 133. The zero-order valence-electron chi connectivity index (χ0n) is 49.2. The third-order valence-corrected chi connectivity index (χ3v) is 13.3. The van der Waals surface area contributed by atoms with Gasteiger partial charge in [0.15, 0.2) is 5.78 Å². The van der Waals surface area contributed by atoms with E-state index >= 15 is 0 Å². The molecule has 1 aliphatic rings. The SMILES string of the molecule is CCCCC(=O)CCCCOCCOCCOCCCCC(=O)[C@H](CCCCNC(=O)CCCCCCC(=O)CCCCCNC(=O)c1ccc(NN=C(C)C)nc1)NC(=O)CCC(=O)CCCCCCC(=O)ON1C(=O)CCC1=O. The van der Waals surface area contributed by atoms with Crippen molar-refractivity contribution in [3.05, 3.63) is 23.9 Å². The first kappa shape index (κ1) is 71.3. The Bertz CT molecular complexity index is 2050. The van der Waals surface area contributed by atoms with Crippen LogP contribution in [0.3, 0.4) is 0 Å². The van der Waals surface area contributed by atoms with Crippen molar-refractivity contribution in [3.63, 3.8) is 0 Å². The van der Waals surface area contributed by atoms with Crippen molar-refractivity contribution in [3.8, 4) is 0 Å². The number of unbranched alkanes of at least 4 members (excludes halogenated alkanes) is 12. The highest BCUT2D eigenvalue weighted by Crippen LogP contribution is 2.16. The molecule has 456 valence electrons. The number of rotatable bonds is 53. The summed E-state index contributed by atoms with van der Waals surface area (Å²) >= 11 is 0. The molecule has 1 saturated heterocycles. The number of anilines is 1. The topological polar surface area (TPSA) is 284 Å². The molecule has 0 saturated carbocycles. The minimum absolute atomic E-state index is 0.0292. The van der Waals surface area contributed by atoms with Crippen LogP contribution in [-0.2, 0) is 62.2 Å². The van der Waals surface area contributed by atoms with Gasteiger partial charge in [0.05, 0.1) is 38.0 Å². The molecule has 4 N–H and O–H groups in total. The summed E-state index contributed by atoms with van der Waals surface area (Å²) in [6.07, 6.45) is 19.2. The van der Waals surface area contributed by atoms with Crippen LogP contribution in [0, 0.1) is 0 Å². The number of carbonyl (C=O) groups is 10. The number of amides is 5. The van der Waals surface area contributed by atoms with Crippen LogP contribution in [0.15, 0.2) is 23.4 Å². The summed E-state index contributed by atoms with van der Waals surface area (Å²) in [6, 6.07) is 2.66. The van der Waals surface area contributed by atoms with Gasteiger partial charge >= 0.3 is 5.97 Å². The van der Waals surface area contributed by atoms with Crippen LogP contribution in [0.4, 0.5) is 5.82 Å². The Balaban J connectivity index is 1.61. The Kier molecular flexibility index (Phi) is 41.2. The smallest absolute Gasteiger partial charge is 0.333 e. The van der Waals surface area contributed by atoms with Gasteiger partial charge in [-0.2, -0.15) is 5.10 Å². The lowest BCUT2D eigenvalue weighted by atomic mass is 10.00. The number of ketones is 4. The lowest BCUT2D eigenvalue weighted by Gasteiger charge is -2.18. The Hall–Kier alpha value is -5.80. The van der Waals surface area contributed by atoms with Gasteiger partial charge in [-0.05, 0) is 116 Å². The first-order chi connectivity index (χ1) is 39.2. The normalized spacial score (nSPS) is 12.5. The van der Waals surface area contributed by atoms with E-state index in [0.29, 0.717) is 171 Å². The van der Waals surface area contributed by atoms with Crippen LogP contribution in [-0.4, -0.2) is 133 Å². The molecule has 21 heteroatoms. The van der Waals surface area contributed by atoms with E-state index in [-0.39, 0.29) is 80.0 Å². The number of aromatic nitrogens is 1. The quantitative estimate of drug-likeness (QED) is 0.0205. The summed E-state index contributed by atoms with van der Waals surface area (Å²) in [5, 5.41) is 13.3. The Labute approximate surface area is 481 Å². The number of pyridine rings is 1. The van der Waals surface area contributed by atoms with Crippen LogP contribution in [0.1, 0.15) is 237 Å². The molecule has 1 fully saturated rings. The van der Waals surface area contributed by atoms with Gasteiger partial charge in [0.25, 0.3) is 17.7 Å². The van der Waals surface area contributed by atoms with Gasteiger partial charge in [-0.15, -0.1) is 5.06 Å². The van der Waals surface area contributed by atoms with Gasteiger partial charge in [0.2, 0.25) is 11.8 Å². The van der Waals surface area contributed by atoms with E-state index < -0.39 is 23.8 Å². The first-order valence-corrected chi connectivity index (χ1v) is 30.1. The average Bonchev–Trinajstić information content (AvgIpc) is 3.78. The highest BCUT2D eigenvalue weighted by molar-refractivity contribution is 6.01. The number of nitrogens with zero attached hydrogens (tertiary/aromatic N) is 3. The molecule has 0 aliphatic carbocycles. The maximum atomic E-state index is 13.4. The molecule has 5 amide bonds. The van der Waals surface area contributed by atoms with E-state index in [1.54, 1.807) is 12.1 Å². The van der Waals surface area contributed by atoms with Crippen LogP contribution < -0.4 is 21.4 Å². The van der Waals surface area contributed by atoms with Crippen LogP contribution in [0.25, 0.3) is 0 Å². The predicted molar refractivity (Wildman–Crippen MR) is 308 cm³/mol. The molecular formula is C60H97N7O14. The molecule has 1 aromatic heterocycles. The van der Waals surface area contributed by atoms with Gasteiger partial charge in [-0.3, -0.25) is 48.6 Å². The van der Waals surface area contributed by atoms with Gasteiger partial charge < -0.3 is 35.0 Å². The van der Waals surface area contributed by atoms with Gasteiger partial charge in [0, 0.05) is 115 Å². The number of hydroxylamine groups is 2. The van der Waals surface area contributed by atoms with Crippen LogP contribution >= 0.6 is 0 Å². The molecular weight excluding hydrogens is 1040 g/mol.